The van der Waals surface area contributed by atoms with Gasteiger partial charge in [0.25, 0.3) is 0 Å². The van der Waals surface area contributed by atoms with Crippen LogP contribution in [0.1, 0.15) is 78.2 Å². The molecule has 0 aromatic heterocycles. The molecular weight excluding hydrogens is 319 g/mol. The van der Waals surface area contributed by atoms with E-state index in [9.17, 15) is 4.89 Å². The maximum Gasteiger partial charge on any atom is 0.394 e. The molecule has 0 spiro atoms. The van der Waals surface area contributed by atoms with Crippen LogP contribution >= 0.6 is 8.60 Å². The first-order valence-electron chi connectivity index (χ1n) is 9.29. The van der Waals surface area contributed by atoms with Crippen LogP contribution in [-0.4, -0.2) is 11.5 Å². The van der Waals surface area contributed by atoms with Crippen molar-refractivity contribution in [3.8, 4) is 5.75 Å². The van der Waals surface area contributed by atoms with E-state index in [1.165, 1.54) is 50.5 Å². The summed E-state index contributed by atoms with van der Waals surface area (Å²) in [6.45, 7) is 8.92. The Balaban J connectivity index is 2.20. The molecule has 138 valence electrons. The molecule has 0 amide bonds. The molecule has 3 nitrogen and oxygen atoms in total. The van der Waals surface area contributed by atoms with Gasteiger partial charge in [-0.2, -0.15) is 0 Å². The van der Waals surface area contributed by atoms with Crippen LogP contribution in [0.5, 0.6) is 5.75 Å². The van der Waals surface area contributed by atoms with Crippen LogP contribution in [0.25, 0.3) is 0 Å². The van der Waals surface area contributed by atoms with Crippen LogP contribution in [0.3, 0.4) is 0 Å². The van der Waals surface area contributed by atoms with Gasteiger partial charge in [-0.1, -0.05) is 78.4 Å². The predicted octanol–water partition coefficient (Wildman–Crippen LogP) is 6.64. The fraction of sp³-hybridized carbons (Fsp3) is 0.700. The fourth-order valence-electron chi connectivity index (χ4n) is 2.37. The summed E-state index contributed by atoms with van der Waals surface area (Å²) < 4.78 is 10.8. The summed E-state index contributed by atoms with van der Waals surface area (Å²) in [6.07, 6.45) is 10.4. The summed E-state index contributed by atoms with van der Waals surface area (Å²) in [4.78, 5) is 9.82. The Kier molecular flexibility index (Phi) is 10.6. The van der Waals surface area contributed by atoms with E-state index in [0.717, 1.165) is 6.42 Å². The van der Waals surface area contributed by atoms with E-state index >= 15 is 0 Å². The molecule has 0 aliphatic rings. The largest absolute Gasteiger partial charge is 0.427 e. The van der Waals surface area contributed by atoms with Crippen LogP contribution in [0.15, 0.2) is 24.3 Å². The lowest BCUT2D eigenvalue weighted by Crippen LogP contribution is -2.13. The molecule has 0 aliphatic carbocycles. The molecule has 0 heterocycles. The zero-order chi connectivity index (χ0) is 17.8. The lowest BCUT2D eigenvalue weighted by Gasteiger charge is -2.19. The molecule has 1 N–H and O–H groups in total. The number of aryl methyl sites for hydroxylation is 1. The van der Waals surface area contributed by atoms with E-state index < -0.39 is 8.60 Å². The SMILES string of the molecule is CCCCCCCCCc1ccc(OP(O)OCC(C)(C)C)cc1. The van der Waals surface area contributed by atoms with Crippen molar-refractivity contribution < 1.29 is 13.9 Å². The molecule has 0 saturated carbocycles. The highest BCUT2D eigenvalue weighted by Crippen LogP contribution is 2.36. The lowest BCUT2D eigenvalue weighted by molar-refractivity contribution is 0.175. The molecule has 1 rings (SSSR count). The molecule has 0 saturated heterocycles. The second-order valence-corrected chi connectivity index (χ2v) is 8.59. The summed E-state index contributed by atoms with van der Waals surface area (Å²) >= 11 is 0. The first-order chi connectivity index (χ1) is 11.4. The van der Waals surface area contributed by atoms with Crippen molar-refractivity contribution in [1.82, 2.24) is 0 Å². The molecule has 0 aliphatic heterocycles. The Morgan fingerprint density at radius 3 is 2.08 bits per heavy atom. The molecule has 0 bridgehead atoms. The van der Waals surface area contributed by atoms with Gasteiger partial charge in [0.2, 0.25) is 0 Å². The average molecular weight is 354 g/mol. The number of unbranched alkanes of at least 4 members (excludes halogenated alkanes) is 6. The highest BCUT2D eigenvalue weighted by molar-refractivity contribution is 7.41. The van der Waals surface area contributed by atoms with Crippen molar-refractivity contribution >= 4 is 8.60 Å². The molecule has 24 heavy (non-hydrogen) atoms. The van der Waals surface area contributed by atoms with Gasteiger partial charge in [0, 0.05) is 0 Å². The zero-order valence-electron chi connectivity index (χ0n) is 15.9. The van der Waals surface area contributed by atoms with Crippen molar-refractivity contribution in [3.05, 3.63) is 29.8 Å². The fourth-order valence-corrected chi connectivity index (χ4v) is 3.22. The molecule has 1 unspecified atom stereocenters. The highest BCUT2D eigenvalue weighted by atomic mass is 31.2. The van der Waals surface area contributed by atoms with Gasteiger partial charge in [0.15, 0.2) is 0 Å². The van der Waals surface area contributed by atoms with E-state index in [1.807, 2.05) is 12.1 Å². The molecule has 1 aromatic carbocycles. The quantitative estimate of drug-likeness (QED) is 0.338. The van der Waals surface area contributed by atoms with Crippen LogP contribution in [-0.2, 0) is 10.9 Å². The van der Waals surface area contributed by atoms with E-state index in [1.54, 1.807) is 0 Å². The van der Waals surface area contributed by atoms with Gasteiger partial charge in [-0.05, 0) is 36.0 Å². The van der Waals surface area contributed by atoms with Crippen molar-refractivity contribution in [2.75, 3.05) is 6.61 Å². The van der Waals surface area contributed by atoms with Crippen LogP contribution in [0.4, 0.5) is 0 Å². The highest BCUT2D eigenvalue weighted by Gasteiger charge is 2.16. The van der Waals surface area contributed by atoms with Crippen LogP contribution in [0, 0.1) is 5.41 Å². The van der Waals surface area contributed by atoms with E-state index in [4.69, 9.17) is 9.05 Å². The summed E-state index contributed by atoms with van der Waals surface area (Å²) in [5.41, 5.74) is 1.35. The normalized spacial score (nSPS) is 13.0. The Bertz CT molecular complexity index is 426. The molecule has 4 heteroatoms. The third-order valence-electron chi connectivity index (χ3n) is 3.78. The summed E-state index contributed by atoms with van der Waals surface area (Å²) in [5, 5.41) is 0. The minimum absolute atomic E-state index is 0.0209. The van der Waals surface area contributed by atoms with Gasteiger partial charge >= 0.3 is 8.60 Å². The van der Waals surface area contributed by atoms with Gasteiger partial charge in [-0.3, -0.25) is 0 Å². The van der Waals surface area contributed by atoms with Gasteiger partial charge < -0.3 is 13.9 Å². The van der Waals surface area contributed by atoms with Crippen molar-refractivity contribution in [2.45, 2.75) is 79.1 Å². The minimum Gasteiger partial charge on any atom is -0.427 e. The smallest absolute Gasteiger partial charge is 0.394 e. The van der Waals surface area contributed by atoms with E-state index in [2.05, 4.69) is 39.8 Å². The second-order valence-electron chi connectivity index (χ2n) is 7.68. The summed E-state index contributed by atoms with van der Waals surface area (Å²) in [7, 11) is -1.85. The molecule has 1 aromatic rings. The van der Waals surface area contributed by atoms with E-state index in [-0.39, 0.29) is 5.41 Å². The third kappa shape index (κ3) is 11.0. The van der Waals surface area contributed by atoms with Crippen molar-refractivity contribution in [1.29, 1.82) is 0 Å². The van der Waals surface area contributed by atoms with Gasteiger partial charge in [-0.15, -0.1) is 0 Å². The molecule has 0 radical (unpaired) electrons. The van der Waals surface area contributed by atoms with Crippen molar-refractivity contribution in [2.24, 2.45) is 5.41 Å². The summed E-state index contributed by atoms with van der Waals surface area (Å²) in [6, 6.07) is 8.00. The van der Waals surface area contributed by atoms with Gasteiger partial charge in [0.05, 0.1) is 6.61 Å². The number of hydrogen-bond donors (Lipinski definition) is 1. The second kappa shape index (κ2) is 11.8. The third-order valence-corrected chi connectivity index (χ3v) is 4.50. The lowest BCUT2D eigenvalue weighted by atomic mass is 9.99. The Morgan fingerprint density at radius 2 is 1.50 bits per heavy atom. The maximum atomic E-state index is 9.82. The van der Waals surface area contributed by atoms with Crippen LogP contribution < -0.4 is 4.52 Å². The topological polar surface area (TPSA) is 38.7 Å². The zero-order valence-corrected chi connectivity index (χ0v) is 16.8. The Labute approximate surface area is 149 Å². The molecule has 1 atom stereocenters. The molecular formula is C20H35O3P. The number of benzene rings is 1. The predicted molar refractivity (Wildman–Crippen MR) is 103 cm³/mol. The Morgan fingerprint density at radius 1 is 0.917 bits per heavy atom. The van der Waals surface area contributed by atoms with Crippen molar-refractivity contribution in [3.63, 3.8) is 0 Å². The van der Waals surface area contributed by atoms with Crippen LogP contribution in [0.2, 0.25) is 0 Å². The monoisotopic (exact) mass is 354 g/mol. The minimum atomic E-state index is -1.85. The first kappa shape index (κ1) is 21.4. The first-order valence-corrected chi connectivity index (χ1v) is 10.4. The standard InChI is InChI=1S/C20H35O3P/c1-5-6-7-8-9-10-11-12-18-13-15-19(16-14-18)23-24(21)22-17-20(2,3)4/h13-16,21H,5-12,17H2,1-4H3. The molecule has 0 fully saturated rings. The number of rotatable bonds is 12. The Hall–Kier alpha value is -0.630. The maximum absolute atomic E-state index is 9.82. The van der Waals surface area contributed by atoms with Gasteiger partial charge in [-0.25, -0.2) is 0 Å². The average Bonchev–Trinajstić information content (AvgIpc) is 2.53. The van der Waals surface area contributed by atoms with Gasteiger partial charge in [0.1, 0.15) is 5.75 Å². The summed E-state index contributed by atoms with van der Waals surface area (Å²) in [5.74, 6) is 0.667. The van der Waals surface area contributed by atoms with E-state index in [0.29, 0.717) is 12.4 Å². The number of hydrogen-bond acceptors (Lipinski definition) is 3.